The maximum absolute atomic E-state index is 11.5. The van der Waals surface area contributed by atoms with Crippen molar-refractivity contribution in [2.75, 3.05) is 11.9 Å². The first kappa shape index (κ1) is 25.5. The average molecular weight is 446 g/mol. The number of nitrogens with one attached hydrogen (secondary N) is 1. The molecule has 1 heterocycles. The van der Waals surface area contributed by atoms with E-state index in [1.165, 1.54) is 0 Å². The van der Waals surface area contributed by atoms with E-state index in [1.54, 1.807) is 32.2 Å². The van der Waals surface area contributed by atoms with Crippen LogP contribution in [0.1, 0.15) is 62.2 Å². The topological polar surface area (TPSA) is 157 Å². The van der Waals surface area contributed by atoms with E-state index in [-0.39, 0.29) is 12.5 Å². The van der Waals surface area contributed by atoms with Crippen LogP contribution in [0.4, 0.5) is 10.5 Å². The predicted molar refractivity (Wildman–Crippen MR) is 124 cm³/mol. The van der Waals surface area contributed by atoms with Crippen molar-refractivity contribution in [1.29, 1.82) is 0 Å². The molecule has 2 rings (SSSR count). The number of carbonyl (C=O) groups excluding carboxylic acids is 1. The second kappa shape index (κ2) is 10.7. The number of aromatic nitrogens is 2. The molecule has 0 aliphatic carbocycles. The highest BCUT2D eigenvalue weighted by Crippen LogP contribution is 2.33. The summed E-state index contributed by atoms with van der Waals surface area (Å²) in [7, 11) is 0. The van der Waals surface area contributed by atoms with Crippen molar-refractivity contribution in [3.63, 3.8) is 0 Å². The first-order valence-corrected chi connectivity index (χ1v) is 10.8. The number of anilines is 1. The second-order valence-corrected chi connectivity index (χ2v) is 8.39. The quantitative estimate of drug-likeness (QED) is 0.376. The van der Waals surface area contributed by atoms with Crippen molar-refractivity contribution in [2.24, 2.45) is 11.5 Å². The Bertz CT molecular complexity index is 937. The van der Waals surface area contributed by atoms with Crippen LogP contribution < -0.4 is 21.5 Å². The SMILES string of the molecule is CCCC(O)(c1cnc(C)nc1C)C(N)C(O)COc1ccc(C(C)C)cc1NC(N)=O. The summed E-state index contributed by atoms with van der Waals surface area (Å²) in [4.78, 5) is 19.9. The Morgan fingerprint density at radius 3 is 2.56 bits per heavy atom. The molecule has 0 bridgehead atoms. The second-order valence-electron chi connectivity index (χ2n) is 8.39. The number of hydrogen-bond donors (Lipinski definition) is 5. The van der Waals surface area contributed by atoms with E-state index in [4.69, 9.17) is 16.2 Å². The maximum Gasteiger partial charge on any atom is 0.316 e. The Balaban J connectivity index is 2.25. The number of aryl methyl sites for hydroxylation is 2. The van der Waals surface area contributed by atoms with Crippen molar-refractivity contribution >= 4 is 11.7 Å². The van der Waals surface area contributed by atoms with Gasteiger partial charge in [0, 0.05) is 17.5 Å². The highest BCUT2D eigenvalue weighted by Gasteiger charge is 2.41. The molecule has 2 amide bonds. The standard InChI is InChI=1S/C23H35N5O4/c1-6-9-23(31,17-11-26-15(5)27-14(17)4)21(24)19(29)12-32-20-8-7-16(13(2)3)10-18(20)28-22(25)30/h7-8,10-11,13,19,21,29,31H,6,9,12,24H2,1-5H3,(H3,25,28,30). The van der Waals surface area contributed by atoms with Crippen LogP contribution in [0, 0.1) is 13.8 Å². The van der Waals surface area contributed by atoms with Crippen LogP contribution in [0.15, 0.2) is 24.4 Å². The molecule has 0 spiro atoms. The van der Waals surface area contributed by atoms with Gasteiger partial charge in [-0.15, -0.1) is 0 Å². The van der Waals surface area contributed by atoms with Gasteiger partial charge in [0.1, 0.15) is 29.9 Å². The van der Waals surface area contributed by atoms with E-state index < -0.39 is 23.8 Å². The number of carbonyl (C=O) groups is 1. The summed E-state index contributed by atoms with van der Waals surface area (Å²) in [6, 6.07) is 3.57. The van der Waals surface area contributed by atoms with Gasteiger partial charge in [-0.2, -0.15) is 0 Å². The Labute approximate surface area is 189 Å². The zero-order valence-electron chi connectivity index (χ0n) is 19.4. The van der Waals surface area contributed by atoms with Crippen LogP contribution in [0.2, 0.25) is 0 Å². The molecule has 7 N–H and O–H groups in total. The van der Waals surface area contributed by atoms with Gasteiger partial charge in [0.2, 0.25) is 0 Å². The number of amides is 2. The van der Waals surface area contributed by atoms with E-state index in [0.29, 0.717) is 41.4 Å². The third kappa shape index (κ3) is 5.93. The zero-order valence-corrected chi connectivity index (χ0v) is 19.4. The molecule has 0 fully saturated rings. The molecule has 2 aromatic rings. The zero-order chi connectivity index (χ0) is 24.1. The number of ether oxygens (including phenoxy) is 1. The molecule has 1 aromatic carbocycles. The number of hydrogen-bond acceptors (Lipinski definition) is 7. The summed E-state index contributed by atoms with van der Waals surface area (Å²) in [6.45, 7) is 9.31. The molecule has 0 aliphatic heterocycles. The van der Waals surface area contributed by atoms with Gasteiger partial charge in [-0.25, -0.2) is 14.8 Å². The molecular weight excluding hydrogens is 410 g/mol. The first-order valence-electron chi connectivity index (χ1n) is 10.8. The third-order valence-electron chi connectivity index (χ3n) is 5.50. The van der Waals surface area contributed by atoms with Crippen LogP contribution >= 0.6 is 0 Å². The summed E-state index contributed by atoms with van der Waals surface area (Å²) in [5.41, 5.74) is 12.6. The van der Waals surface area contributed by atoms with E-state index >= 15 is 0 Å². The van der Waals surface area contributed by atoms with Gasteiger partial charge in [0.25, 0.3) is 0 Å². The lowest BCUT2D eigenvalue weighted by atomic mass is 9.80. The van der Waals surface area contributed by atoms with Crippen molar-refractivity contribution in [3.8, 4) is 5.75 Å². The lowest BCUT2D eigenvalue weighted by Crippen LogP contribution is -2.54. The van der Waals surface area contributed by atoms with E-state index in [9.17, 15) is 15.0 Å². The molecule has 3 atom stereocenters. The normalized spacial score (nSPS) is 15.2. The number of aliphatic hydroxyl groups excluding tert-OH is 1. The minimum Gasteiger partial charge on any atom is -0.489 e. The lowest BCUT2D eigenvalue weighted by Gasteiger charge is -2.37. The third-order valence-corrected chi connectivity index (χ3v) is 5.50. The van der Waals surface area contributed by atoms with Gasteiger partial charge in [-0.1, -0.05) is 33.3 Å². The van der Waals surface area contributed by atoms with E-state index in [2.05, 4.69) is 15.3 Å². The van der Waals surface area contributed by atoms with Gasteiger partial charge in [-0.05, 0) is 43.9 Å². The van der Waals surface area contributed by atoms with Crippen LogP contribution in [-0.2, 0) is 5.60 Å². The first-order chi connectivity index (χ1) is 15.0. The molecule has 0 saturated carbocycles. The molecule has 0 saturated heterocycles. The van der Waals surface area contributed by atoms with Crippen LogP contribution in [0.25, 0.3) is 0 Å². The van der Waals surface area contributed by atoms with Crippen molar-refractivity contribution < 1.29 is 19.7 Å². The molecule has 0 radical (unpaired) electrons. The Kier molecular flexibility index (Phi) is 8.54. The number of nitrogens with zero attached hydrogens (tertiary/aromatic N) is 2. The molecule has 176 valence electrons. The highest BCUT2D eigenvalue weighted by atomic mass is 16.5. The Morgan fingerprint density at radius 1 is 1.31 bits per heavy atom. The molecule has 0 aliphatic rings. The summed E-state index contributed by atoms with van der Waals surface area (Å²) in [6.07, 6.45) is 1.29. The number of urea groups is 1. The van der Waals surface area contributed by atoms with E-state index in [0.717, 1.165) is 5.56 Å². The summed E-state index contributed by atoms with van der Waals surface area (Å²) >= 11 is 0. The molecule has 9 heteroatoms. The van der Waals surface area contributed by atoms with Crippen molar-refractivity contribution in [3.05, 3.63) is 47.0 Å². The summed E-state index contributed by atoms with van der Waals surface area (Å²) in [5.74, 6) is 1.16. The molecule has 32 heavy (non-hydrogen) atoms. The number of nitrogens with two attached hydrogens (primary N) is 2. The smallest absolute Gasteiger partial charge is 0.316 e. The minimum absolute atomic E-state index is 0.201. The predicted octanol–water partition coefficient (Wildman–Crippen LogP) is 2.46. The van der Waals surface area contributed by atoms with Gasteiger partial charge < -0.3 is 31.7 Å². The fourth-order valence-electron chi connectivity index (χ4n) is 3.73. The van der Waals surface area contributed by atoms with Gasteiger partial charge >= 0.3 is 6.03 Å². The largest absolute Gasteiger partial charge is 0.489 e. The van der Waals surface area contributed by atoms with E-state index in [1.807, 2.05) is 26.8 Å². The van der Waals surface area contributed by atoms with Gasteiger partial charge in [-0.3, -0.25) is 0 Å². The lowest BCUT2D eigenvalue weighted by molar-refractivity contribution is -0.0551. The monoisotopic (exact) mass is 445 g/mol. The van der Waals surface area contributed by atoms with Gasteiger partial charge in [0.15, 0.2) is 0 Å². The molecular formula is C23H35N5O4. The van der Waals surface area contributed by atoms with Crippen LogP contribution in [-0.4, -0.2) is 45.0 Å². The molecule has 9 nitrogen and oxygen atoms in total. The van der Waals surface area contributed by atoms with Gasteiger partial charge in [0.05, 0.1) is 11.7 Å². The number of benzene rings is 1. The number of aliphatic hydroxyl groups is 2. The fraction of sp³-hybridized carbons (Fsp3) is 0.522. The number of rotatable bonds is 10. The van der Waals surface area contributed by atoms with Crippen molar-refractivity contribution in [2.45, 2.75) is 71.1 Å². The Hall–Kier alpha value is -2.75. The summed E-state index contributed by atoms with van der Waals surface area (Å²) in [5, 5.41) is 24.8. The van der Waals surface area contributed by atoms with Crippen LogP contribution in [0.5, 0.6) is 5.75 Å². The van der Waals surface area contributed by atoms with Crippen molar-refractivity contribution in [1.82, 2.24) is 9.97 Å². The fourth-order valence-corrected chi connectivity index (χ4v) is 3.73. The maximum atomic E-state index is 11.5. The minimum atomic E-state index is -1.54. The summed E-state index contributed by atoms with van der Waals surface area (Å²) < 4.78 is 5.77. The Morgan fingerprint density at radius 2 is 2.00 bits per heavy atom. The highest BCUT2D eigenvalue weighted by molar-refractivity contribution is 5.89. The van der Waals surface area contributed by atoms with Crippen LogP contribution in [0.3, 0.4) is 0 Å². The molecule has 3 unspecified atom stereocenters. The number of primary amides is 1. The average Bonchev–Trinajstić information content (AvgIpc) is 2.71. The molecule has 1 aromatic heterocycles.